The molecule has 18 atom stereocenters. The molecule has 0 spiro atoms. The maximum absolute atomic E-state index is 14.5. The molecule has 61 heavy (non-hydrogen) atoms. The molecule has 0 aromatic heterocycles. The summed E-state index contributed by atoms with van der Waals surface area (Å²) >= 11 is 5.75. The van der Waals surface area contributed by atoms with Gasteiger partial charge in [0.1, 0.15) is 23.9 Å². The molecule has 3 saturated heterocycles. The number of aliphatic hydroxyl groups excluding tert-OH is 2. The average molecular weight is 884 g/mol. The first-order chi connectivity index (χ1) is 28.4. The Balaban J connectivity index is 1.85. The lowest BCUT2D eigenvalue weighted by molar-refractivity contribution is -0.316. The minimum absolute atomic E-state index is 0.121. The Morgan fingerprint density at radius 1 is 0.967 bits per heavy atom. The number of carbonyl (C=O) groups is 1. The molecule has 3 fully saturated rings. The quantitative estimate of drug-likeness (QED) is 0.175. The van der Waals surface area contributed by atoms with Gasteiger partial charge >= 0.3 is 5.97 Å². The number of anilines is 1. The van der Waals surface area contributed by atoms with Crippen LogP contribution in [0.1, 0.15) is 94.9 Å². The number of nitrogens with zero attached hydrogens (tertiary/aromatic N) is 2. The molecule has 0 saturated carbocycles. The van der Waals surface area contributed by atoms with E-state index in [2.05, 4.69) is 5.32 Å². The standard InChI is InChI=1S/C45H77N3O12S/c1-15-33-45(10,53)37(49)29(6)48(13)24-25(2)22-43(8,52)39(27(4)35(28(5)40(51)57-33)58-34-23-44(9,54-14)38(50)30(7)56-34)60-41-36(32(47(11)12)21-26(3)55-41)59-42(61)46-31-19-17-16-18-20-31/h16-20,25-30,32-39,41,49-50,52-53H,15,21-24H2,1-14H3,(H,46,61)/t25-,26-,27+,28-,29-,30+,32+,33-,34+,35+,36-,37-,38+,39-,41+,43-,44-,45-/m1/s1. The number of para-hydroxylation sites is 1. The number of benzene rings is 1. The molecule has 0 aliphatic carbocycles. The molecule has 4 rings (SSSR count). The van der Waals surface area contributed by atoms with Crippen molar-refractivity contribution in [2.75, 3.05) is 40.1 Å². The second kappa shape index (κ2) is 21.3. The van der Waals surface area contributed by atoms with Gasteiger partial charge in [-0.1, -0.05) is 39.0 Å². The van der Waals surface area contributed by atoms with Crippen LogP contribution in [0.25, 0.3) is 0 Å². The van der Waals surface area contributed by atoms with Gasteiger partial charge in [0.25, 0.3) is 5.17 Å². The summed E-state index contributed by atoms with van der Waals surface area (Å²) in [4.78, 5) is 18.4. The Morgan fingerprint density at radius 2 is 1.61 bits per heavy atom. The molecule has 0 unspecified atom stereocenters. The van der Waals surface area contributed by atoms with Crippen LogP contribution in [0.3, 0.4) is 0 Å². The summed E-state index contributed by atoms with van der Waals surface area (Å²) in [6.45, 7) is 18.2. The largest absolute Gasteiger partial charge is 0.460 e. The molecule has 0 amide bonds. The van der Waals surface area contributed by atoms with Gasteiger partial charge in [-0.05, 0) is 119 Å². The van der Waals surface area contributed by atoms with Crippen LogP contribution in [0, 0.1) is 17.8 Å². The summed E-state index contributed by atoms with van der Waals surface area (Å²) in [5.41, 5.74) is -3.70. The fourth-order valence-electron chi connectivity index (χ4n) is 9.64. The Hall–Kier alpha value is -2.06. The average Bonchev–Trinajstić information content (AvgIpc) is 3.18. The molecule has 3 aliphatic rings. The van der Waals surface area contributed by atoms with Crippen molar-refractivity contribution >= 4 is 29.0 Å². The summed E-state index contributed by atoms with van der Waals surface area (Å²) in [6, 6.07) is 8.68. The Kier molecular flexibility index (Phi) is 18.0. The molecule has 350 valence electrons. The second-order valence-electron chi connectivity index (χ2n) is 19.0. The van der Waals surface area contributed by atoms with Crippen molar-refractivity contribution in [3.8, 4) is 0 Å². The molecule has 3 aliphatic heterocycles. The summed E-state index contributed by atoms with van der Waals surface area (Å²) in [7, 11) is 7.28. The number of esters is 1. The van der Waals surface area contributed by atoms with Gasteiger partial charge in [0.15, 0.2) is 18.7 Å². The number of ether oxygens (including phenoxy) is 7. The zero-order chi connectivity index (χ0) is 45.8. The SMILES string of the molecule is CC[C@H]1OC(=O)[C@H](C)[C@@H](O[C@H]2C[C@@](C)(OC)[C@@H](O)[C@H](C)O2)[C@H](C)[C@@H](O[C@@H]2O[C@H](C)C[C@H](N(C)C)[C@H]2OC(=S)Nc2ccccc2)[C@](C)(O)C[C@@H](C)CN(C)[C@H](C)[C@@H](O)[C@]1(C)O. The molecule has 5 N–H and O–H groups in total. The molecule has 1 aromatic rings. The van der Waals surface area contributed by atoms with Gasteiger partial charge in [-0.25, -0.2) is 0 Å². The first-order valence-electron chi connectivity index (χ1n) is 21.9. The summed E-state index contributed by atoms with van der Waals surface area (Å²) in [5, 5.41) is 50.7. The summed E-state index contributed by atoms with van der Waals surface area (Å²) in [6.07, 6.45) is -8.02. The van der Waals surface area contributed by atoms with Crippen LogP contribution < -0.4 is 5.32 Å². The molecule has 0 radical (unpaired) electrons. The normalized spacial score (nSPS) is 43.8. The van der Waals surface area contributed by atoms with Gasteiger partial charge < -0.3 is 68.7 Å². The number of rotatable bonds is 9. The van der Waals surface area contributed by atoms with Crippen molar-refractivity contribution in [1.29, 1.82) is 0 Å². The highest BCUT2D eigenvalue weighted by atomic mass is 32.1. The van der Waals surface area contributed by atoms with Crippen LogP contribution in [0.4, 0.5) is 5.69 Å². The van der Waals surface area contributed by atoms with Crippen LogP contribution in [0.2, 0.25) is 0 Å². The van der Waals surface area contributed by atoms with Crippen molar-refractivity contribution in [1.82, 2.24) is 9.80 Å². The third-order valence-electron chi connectivity index (χ3n) is 13.4. The Labute approximate surface area is 369 Å². The van der Waals surface area contributed by atoms with E-state index < -0.39 is 96.0 Å². The van der Waals surface area contributed by atoms with E-state index in [1.165, 1.54) is 14.0 Å². The van der Waals surface area contributed by atoms with Crippen LogP contribution in [-0.4, -0.2) is 166 Å². The lowest BCUT2D eigenvalue weighted by Gasteiger charge is -2.49. The van der Waals surface area contributed by atoms with E-state index >= 15 is 0 Å². The number of aliphatic hydroxyl groups is 4. The van der Waals surface area contributed by atoms with E-state index in [0.717, 1.165) is 5.69 Å². The predicted molar refractivity (Wildman–Crippen MR) is 236 cm³/mol. The van der Waals surface area contributed by atoms with Gasteiger partial charge in [0.05, 0.1) is 47.6 Å². The molecule has 1 aromatic carbocycles. The first kappa shape index (κ1) is 51.6. The number of thiocarbonyl (C=S) groups is 1. The van der Waals surface area contributed by atoms with Crippen molar-refractivity contribution in [3.05, 3.63) is 30.3 Å². The number of hydrogen-bond donors (Lipinski definition) is 5. The van der Waals surface area contributed by atoms with E-state index in [4.69, 9.17) is 45.4 Å². The van der Waals surface area contributed by atoms with Crippen molar-refractivity contribution in [3.63, 3.8) is 0 Å². The van der Waals surface area contributed by atoms with E-state index in [1.54, 1.807) is 34.6 Å². The van der Waals surface area contributed by atoms with Crippen molar-refractivity contribution < 1.29 is 58.4 Å². The highest BCUT2D eigenvalue weighted by Crippen LogP contribution is 2.40. The highest BCUT2D eigenvalue weighted by molar-refractivity contribution is 7.80. The fraction of sp³-hybridized carbons (Fsp3) is 0.822. The molecule has 15 nitrogen and oxygen atoms in total. The lowest BCUT2D eigenvalue weighted by atomic mass is 9.77. The molecular formula is C45H77N3O12S. The number of methoxy groups -OCH3 is 1. The van der Waals surface area contributed by atoms with E-state index in [9.17, 15) is 25.2 Å². The van der Waals surface area contributed by atoms with Gasteiger partial charge in [0.2, 0.25) is 0 Å². The topological polar surface area (TPSA) is 181 Å². The van der Waals surface area contributed by atoms with E-state index in [-0.39, 0.29) is 42.5 Å². The lowest BCUT2D eigenvalue weighted by Crippen LogP contribution is -2.61. The number of likely N-dealkylation sites (N-methyl/N-ethyl adjacent to an activating group) is 2. The first-order valence-corrected chi connectivity index (χ1v) is 22.3. The number of cyclic esters (lactones) is 1. The predicted octanol–water partition coefficient (Wildman–Crippen LogP) is 4.32. The second-order valence-corrected chi connectivity index (χ2v) is 19.4. The maximum atomic E-state index is 14.5. The summed E-state index contributed by atoms with van der Waals surface area (Å²) < 4.78 is 45.2. The van der Waals surface area contributed by atoms with Crippen molar-refractivity contribution in [2.24, 2.45) is 17.8 Å². The van der Waals surface area contributed by atoms with Crippen LogP contribution >= 0.6 is 12.2 Å². The summed E-state index contributed by atoms with van der Waals surface area (Å²) in [5.74, 6) is -2.66. The Morgan fingerprint density at radius 3 is 2.20 bits per heavy atom. The number of carbonyl (C=O) groups excluding carboxylic acids is 1. The van der Waals surface area contributed by atoms with Crippen molar-refractivity contribution in [2.45, 2.75) is 185 Å². The maximum Gasteiger partial charge on any atom is 0.311 e. The molecular weight excluding hydrogens is 807 g/mol. The van der Waals surface area contributed by atoms with E-state index in [1.807, 2.05) is 89.0 Å². The zero-order valence-electron chi connectivity index (χ0n) is 38.9. The van der Waals surface area contributed by atoms with Crippen LogP contribution in [0.5, 0.6) is 0 Å². The number of hydrogen-bond acceptors (Lipinski definition) is 15. The van der Waals surface area contributed by atoms with Gasteiger partial charge in [-0.3, -0.25) is 4.79 Å². The smallest absolute Gasteiger partial charge is 0.311 e. The van der Waals surface area contributed by atoms with E-state index in [0.29, 0.717) is 13.0 Å². The molecule has 0 bridgehead atoms. The third-order valence-corrected chi connectivity index (χ3v) is 13.6. The van der Waals surface area contributed by atoms with Crippen LogP contribution in [-0.2, 0) is 38.0 Å². The Bertz CT molecular complexity index is 1560. The minimum atomic E-state index is -1.82. The zero-order valence-corrected chi connectivity index (χ0v) is 39.8. The minimum Gasteiger partial charge on any atom is -0.460 e. The fourth-order valence-corrected chi connectivity index (χ4v) is 9.87. The number of nitrogens with one attached hydrogen (secondary N) is 1. The highest BCUT2D eigenvalue weighted by Gasteiger charge is 2.53. The van der Waals surface area contributed by atoms with Crippen LogP contribution in [0.15, 0.2) is 30.3 Å². The third kappa shape index (κ3) is 12.4. The van der Waals surface area contributed by atoms with Gasteiger partial charge in [-0.2, -0.15) is 0 Å². The molecule has 3 heterocycles. The monoisotopic (exact) mass is 884 g/mol. The van der Waals surface area contributed by atoms with Gasteiger partial charge in [-0.15, -0.1) is 0 Å². The molecule has 16 heteroatoms. The van der Waals surface area contributed by atoms with Gasteiger partial charge in [0, 0.05) is 37.7 Å².